The van der Waals surface area contributed by atoms with E-state index >= 15 is 0 Å². The lowest BCUT2D eigenvalue weighted by Crippen LogP contribution is -2.51. The van der Waals surface area contributed by atoms with E-state index in [1.54, 1.807) is 29.2 Å². The van der Waals surface area contributed by atoms with Crippen molar-refractivity contribution in [2.45, 2.75) is 18.7 Å². The average molecular weight is 462 g/mol. The Balaban J connectivity index is 1.42. The van der Waals surface area contributed by atoms with Gasteiger partial charge in [0.1, 0.15) is 0 Å². The zero-order valence-corrected chi connectivity index (χ0v) is 19.3. The molecule has 2 aromatic carbocycles. The van der Waals surface area contributed by atoms with Crippen molar-refractivity contribution < 1.29 is 18.0 Å². The number of aryl methyl sites for hydroxylation is 2. The molecule has 1 heterocycles. The zero-order chi connectivity index (χ0) is 22.4. The molecule has 0 spiro atoms. The highest BCUT2D eigenvalue weighted by atomic mass is 32.2. The van der Waals surface area contributed by atoms with E-state index in [9.17, 15) is 18.0 Å². The molecular weight excluding hydrogens is 434 g/mol. The molecule has 31 heavy (non-hydrogen) atoms. The molecule has 3 rings (SSSR count). The van der Waals surface area contributed by atoms with E-state index in [1.807, 2.05) is 38.1 Å². The number of carbonyl (C=O) groups excluding carboxylic acids is 2. The summed E-state index contributed by atoms with van der Waals surface area (Å²) in [4.78, 5) is 26.4. The maximum atomic E-state index is 12.8. The number of nitrogens with one attached hydrogen (secondary N) is 1. The summed E-state index contributed by atoms with van der Waals surface area (Å²) in [6, 6.07) is 14.3. The lowest BCUT2D eigenvalue weighted by Gasteiger charge is -2.34. The van der Waals surface area contributed by atoms with E-state index < -0.39 is 10.0 Å². The second kappa shape index (κ2) is 10.3. The lowest BCUT2D eigenvalue weighted by molar-refractivity contribution is -0.129. The first-order chi connectivity index (χ1) is 14.8. The normalized spacial score (nSPS) is 15.0. The van der Waals surface area contributed by atoms with Gasteiger partial charge in [-0.25, -0.2) is 8.42 Å². The number of hydrogen-bond acceptors (Lipinski definition) is 5. The Morgan fingerprint density at radius 2 is 1.42 bits per heavy atom. The molecule has 1 aliphatic rings. The summed E-state index contributed by atoms with van der Waals surface area (Å²) in [5, 5.41) is 2.81. The van der Waals surface area contributed by atoms with Gasteiger partial charge >= 0.3 is 0 Å². The van der Waals surface area contributed by atoms with Gasteiger partial charge in [0, 0.05) is 31.9 Å². The number of sulfonamides is 1. The molecule has 2 amide bonds. The number of benzene rings is 2. The van der Waals surface area contributed by atoms with Crippen LogP contribution in [0.3, 0.4) is 0 Å². The van der Waals surface area contributed by atoms with Crippen LogP contribution in [0.5, 0.6) is 0 Å². The number of hydrogen-bond donors (Lipinski definition) is 1. The van der Waals surface area contributed by atoms with E-state index in [4.69, 9.17) is 0 Å². The number of anilines is 1. The minimum Gasteiger partial charge on any atom is -0.339 e. The van der Waals surface area contributed by atoms with Crippen LogP contribution < -0.4 is 5.32 Å². The number of nitrogens with zero attached hydrogens (tertiary/aromatic N) is 2. The van der Waals surface area contributed by atoms with Gasteiger partial charge in [0.15, 0.2) is 0 Å². The molecule has 1 fully saturated rings. The van der Waals surface area contributed by atoms with Crippen molar-refractivity contribution in [3.8, 4) is 0 Å². The fraction of sp³-hybridized carbons (Fsp3) is 0.364. The summed E-state index contributed by atoms with van der Waals surface area (Å²) in [5.41, 5.74) is 2.84. The van der Waals surface area contributed by atoms with Gasteiger partial charge in [0.25, 0.3) is 0 Å². The molecule has 9 heteroatoms. The van der Waals surface area contributed by atoms with Crippen LogP contribution in [0.2, 0.25) is 0 Å². The van der Waals surface area contributed by atoms with Crippen molar-refractivity contribution in [2.75, 3.05) is 43.0 Å². The van der Waals surface area contributed by atoms with Gasteiger partial charge in [-0.2, -0.15) is 4.31 Å². The third-order valence-corrected chi connectivity index (χ3v) is 7.87. The van der Waals surface area contributed by atoms with Crippen LogP contribution in [0.1, 0.15) is 11.1 Å². The van der Waals surface area contributed by atoms with Crippen LogP contribution in [-0.2, 0) is 19.6 Å². The molecule has 0 saturated carbocycles. The predicted molar refractivity (Wildman–Crippen MR) is 124 cm³/mol. The van der Waals surface area contributed by atoms with Crippen molar-refractivity contribution in [3.05, 3.63) is 59.7 Å². The monoisotopic (exact) mass is 461 g/mol. The summed E-state index contributed by atoms with van der Waals surface area (Å²) >= 11 is 1.25. The zero-order valence-electron chi connectivity index (χ0n) is 17.7. The number of thioether (sulfide) groups is 1. The van der Waals surface area contributed by atoms with Crippen LogP contribution in [0.25, 0.3) is 0 Å². The number of carbonyl (C=O) groups is 2. The molecule has 1 N–H and O–H groups in total. The van der Waals surface area contributed by atoms with Crippen molar-refractivity contribution in [3.63, 3.8) is 0 Å². The van der Waals surface area contributed by atoms with Crippen molar-refractivity contribution in [1.29, 1.82) is 0 Å². The maximum absolute atomic E-state index is 12.8. The van der Waals surface area contributed by atoms with Crippen molar-refractivity contribution in [2.24, 2.45) is 0 Å². The first-order valence-corrected chi connectivity index (χ1v) is 12.6. The summed E-state index contributed by atoms with van der Waals surface area (Å²) in [5.74, 6) is 0.129. The highest BCUT2D eigenvalue weighted by molar-refractivity contribution is 8.00. The average Bonchev–Trinajstić information content (AvgIpc) is 2.75. The predicted octanol–water partition coefficient (Wildman–Crippen LogP) is 2.51. The molecule has 166 valence electrons. The van der Waals surface area contributed by atoms with Crippen LogP contribution in [0, 0.1) is 13.8 Å². The third kappa shape index (κ3) is 6.32. The lowest BCUT2D eigenvalue weighted by atomic mass is 10.2. The Bertz CT molecular complexity index is 1010. The Kier molecular flexibility index (Phi) is 7.74. The van der Waals surface area contributed by atoms with Crippen LogP contribution in [-0.4, -0.2) is 67.1 Å². The van der Waals surface area contributed by atoms with E-state index in [1.165, 1.54) is 16.1 Å². The molecular formula is C22H27N3O4S2. The molecule has 1 aliphatic heterocycles. The van der Waals surface area contributed by atoms with Crippen LogP contribution >= 0.6 is 11.8 Å². The van der Waals surface area contributed by atoms with Gasteiger partial charge < -0.3 is 10.2 Å². The largest absolute Gasteiger partial charge is 0.339 e. The molecule has 0 atom stereocenters. The topological polar surface area (TPSA) is 86.8 Å². The quantitative estimate of drug-likeness (QED) is 0.685. The van der Waals surface area contributed by atoms with Crippen molar-refractivity contribution in [1.82, 2.24) is 9.21 Å². The van der Waals surface area contributed by atoms with Crippen molar-refractivity contribution >= 4 is 39.3 Å². The second-order valence-corrected chi connectivity index (χ2v) is 10.4. The fourth-order valence-electron chi connectivity index (χ4n) is 3.19. The standard InChI is InChI=1S/C22H27N3O4S2/c1-17-3-7-19(8-4-17)23-21(26)15-30-16-22(27)24-11-13-25(14-12-24)31(28,29)20-9-5-18(2)6-10-20/h3-10H,11-16H2,1-2H3,(H,23,26). The molecule has 1 saturated heterocycles. The second-order valence-electron chi connectivity index (χ2n) is 7.50. The molecule has 7 nitrogen and oxygen atoms in total. The van der Waals surface area contributed by atoms with E-state index in [-0.39, 0.29) is 41.3 Å². The van der Waals surface area contributed by atoms with Crippen LogP contribution in [0.4, 0.5) is 5.69 Å². The smallest absolute Gasteiger partial charge is 0.243 e. The molecule has 0 aromatic heterocycles. The van der Waals surface area contributed by atoms with Crippen LogP contribution in [0.15, 0.2) is 53.4 Å². The van der Waals surface area contributed by atoms with E-state index in [0.29, 0.717) is 13.1 Å². The minimum atomic E-state index is -3.55. The van der Waals surface area contributed by atoms with Gasteiger partial charge in [-0.05, 0) is 38.1 Å². The number of piperazine rings is 1. The fourth-order valence-corrected chi connectivity index (χ4v) is 5.33. The Morgan fingerprint density at radius 1 is 0.871 bits per heavy atom. The summed E-state index contributed by atoms with van der Waals surface area (Å²) < 4.78 is 26.9. The van der Waals surface area contributed by atoms with Gasteiger partial charge in [-0.3, -0.25) is 9.59 Å². The van der Waals surface area contributed by atoms with E-state index in [0.717, 1.165) is 16.8 Å². The Labute approximate surface area is 187 Å². The highest BCUT2D eigenvalue weighted by Crippen LogP contribution is 2.19. The Hall–Kier alpha value is -2.36. The number of rotatable bonds is 7. The van der Waals surface area contributed by atoms with Gasteiger partial charge in [-0.15, -0.1) is 11.8 Å². The first kappa shape index (κ1) is 23.3. The summed E-state index contributed by atoms with van der Waals surface area (Å²) in [6.45, 7) is 5.11. The molecule has 2 aromatic rings. The number of amides is 2. The SMILES string of the molecule is Cc1ccc(NC(=O)CSCC(=O)N2CCN(S(=O)(=O)c3ccc(C)cc3)CC2)cc1. The van der Waals surface area contributed by atoms with Gasteiger partial charge in [0.2, 0.25) is 21.8 Å². The third-order valence-electron chi connectivity index (χ3n) is 5.04. The molecule has 0 bridgehead atoms. The van der Waals surface area contributed by atoms with E-state index in [2.05, 4.69) is 5.32 Å². The maximum Gasteiger partial charge on any atom is 0.243 e. The first-order valence-electron chi connectivity index (χ1n) is 10.0. The highest BCUT2D eigenvalue weighted by Gasteiger charge is 2.29. The molecule has 0 unspecified atom stereocenters. The molecule has 0 radical (unpaired) electrons. The summed E-state index contributed by atoms with van der Waals surface area (Å²) in [7, 11) is -3.55. The summed E-state index contributed by atoms with van der Waals surface area (Å²) in [6.07, 6.45) is 0. The minimum absolute atomic E-state index is 0.0829. The van der Waals surface area contributed by atoms with Gasteiger partial charge in [0.05, 0.1) is 16.4 Å². The molecule has 0 aliphatic carbocycles. The Morgan fingerprint density at radius 3 is 2.00 bits per heavy atom. The van der Waals surface area contributed by atoms with Gasteiger partial charge in [-0.1, -0.05) is 35.4 Å².